The Kier molecular flexibility index (Phi) is 4.65. The first kappa shape index (κ1) is 14.9. The van der Waals surface area contributed by atoms with Crippen LogP contribution < -0.4 is 0 Å². The second kappa shape index (κ2) is 6.85. The standard InChI is InChI=1S/C19H19ClN2/c20-18-8-6-16(7-9-18)17-10-11-22(14-21)19(13-17)12-15-4-2-1-3-5-15/h1-9,17,19H,10-13H2. The Morgan fingerprint density at radius 2 is 1.82 bits per heavy atom. The highest BCUT2D eigenvalue weighted by Gasteiger charge is 2.28. The quantitative estimate of drug-likeness (QED) is 0.774. The molecule has 1 saturated heterocycles. The van der Waals surface area contributed by atoms with Crippen molar-refractivity contribution >= 4 is 11.6 Å². The summed E-state index contributed by atoms with van der Waals surface area (Å²) in [5.74, 6) is 0.510. The van der Waals surface area contributed by atoms with E-state index in [0.717, 1.165) is 30.8 Å². The van der Waals surface area contributed by atoms with Gasteiger partial charge in [-0.15, -0.1) is 0 Å². The maximum atomic E-state index is 9.39. The summed E-state index contributed by atoms with van der Waals surface area (Å²) < 4.78 is 0. The number of benzene rings is 2. The predicted molar refractivity (Wildman–Crippen MR) is 89.7 cm³/mol. The Morgan fingerprint density at radius 3 is 2.50 bits per heavy atom. The fraction of sp³-hybridized carbons (Fsp3) is 0.316. The molecule has 112 valence electrons. The Hall–Kier alpha value is -1.98. The van der Waals surface area contributed by atoms with Gasteiger partial charge in [-0.2, -0.15) is 5.26 Å². The molecular weight excluding hydrogens is 292 g/mol. The molecule has 3 rings (SSSR count). The van der Waals surface area contributed by atoms with Gasteiger partial charge in [-0.05, 0) is 48.4 Å². The second-order valence-electron chi connectivity index (χ2n) is 5.91. The van der Waals surface area contributed by atoms with Gasteiger partial charge in [0.15, 0.2) is 6.19 Å². The molecule has 2 aromatic rings. The molecule has 2 atom stereocenters. The maximum absolute atomic E-state index is 9.39. The van der Waals surface area contributed by atoms with Gasteiger partial charge in [0.05, 0.1) is 0 Å². The van der Waals surface area contributed by atoms with Crippen LogP contribution in [0.3, 0.4) is 0 Å². The fourth-order valence-electron chi connectivity index (χ4n) is 3.30. The molecule has 0 bridgehead atoms. The summed E-state index contributed by atoms with van der Waals surface area (Å²) in [5.41, 5.74) is 2.63. The third-order valence-electron chi connectivity index (χ3n) is 4.50. The minimum absolute atomic E-state index is 0.279. The van der Waals surface area contributed by atoms with Gasteiger partial charge in [-0.1, -0.05) is 54.1 Å². The van der Waals surface area contributed by atoms with Crippen LogP contribution in [0.1, 0.15) is 29.9 Å². The Balaban J connectivity index is 1.75. The van der Waals surface area contributed by atoms with E-state index >= 15 is 0 Å². The normalized spacial score (nSPS) is 21.4. The van der Waals surface area contributed by atoms with Crippen molar-refractivity contribution in [2.45, 2.75) is 31.2 Å². The van der Waals surface area contributed by atoms with E-state index < -0.39 is 0 Å². The lowest BCUT2D eigenvalue weighted by atomic mass is 9.83. The number of nitriles is 1. The third-order valence-corrected chi connectivity index (χ3v) is 4.75. The van der Waals surface area contributed by atoms with E-state index in [1.807, 2.05) is 23.1 Å². The lowest BCUT2D eigenvalue weighted by Gasteiger charge is -2.36. The van der Waals surface area contributed by atoms with Crippen molar-refractivity contribution in [1.29, 1.82) is 5.26 Å². The van der Waals surface area contributed by atoms with Crippen LogP contribution in [0.15, 0.2) is 54.6 Å². The maximum Gasteiger partial charge on any atom is 0.179 e. The highest BCUT2D eigenvalue weighted by molar-refractivity contribution is 6.30. The van der Waals surface area contributed by atoms with Crippen molar-refractivity contribution in [3.63, 3.8) is 0 Å². The summed E-state index contributed by atoms with van der Waals surface area (Å²) in [6.07, 6.45) is 5.34. The van der Waals surface area contributed by atoms with Crippen LogP contribution in [-0.2, 0) is 6.42 Å². The minimum Gasteiger partial charge on any atom is -0.307 e. The summed E-state index contributed by atoms with van der Waals surface area (Å²) >= 11 is 5.98. The van der Waals surface area contributed by atoms with Crippen LogP contribution >= 0.6 is 11.6 Å². The van der Waals surface area contributed by atoms with Gasteiger partial charge < -0.3 is 4.90 Å². The van der Waals surface area contributed by atoms with E-state index in [9.17, 15) is 5.26 Å². The van der Waals surface area contributed by atoms with E-state index in [1.165, 1.54) is 11.1 Å². The molecule has 1 heterocycles. The SMILES string of the molecule is N#CN1CCC(c2ccc(Cl)cc2)CC1Cc1ccccc1. The first-order valence-corrected chi connectivity index (χ1v) is 8.10. The predicted octanol–water partition coefficient (Wildman–Crippen LogP) is 4.61. The smallest absolute Gasteiger partial charge is 0.179 e. The minimum atomic E-state index is 0.279. The Morgan fingerprint density at radius 1 is 1.09 bits per heavy atom. The summed E-state index contributed by atoms with van der Waals surface area (Å²) in [7, 11) is 0. The molecule has 1 aliphatic heterocycles. The number of hydrogen-bond donors (Lipinski definition) is 0. The van der Waals surface area contributed by atoms with Crippen molar-refractivity contribution in [3.8, 4) is 6.19 Å². The van der Waals surface area contributed by atoms with Crippen LogP contribution in [0.5, 0.6) is 0 Å². The monoisotopic (exact) mass is 310 g/mol. The van der Waals surface area contributed by atoms with Crippen LogP contribution in [0.4, 0.5) is 0 Å². The zero-order valence-electron chi connectivity index (χ0n) is 12.5. The van der Waals surface area contributed by atoms with E-state index in [2.05, 4.69) is 42.6 Å². The number of likely N-dealkylation sites (tertiary alicyclic amines) is 1. The first-order chi connectivity index (χ1) is 10.8. The van der Waals surface area contributed by atoms with Gasteiger partial charge in [-0.25, -0.2) is 0 Å². The lowest BCUT2D eigenvalue weighted by Crippen LogP contribution is -2.40. The topological polar surface area (TPSA) is 27.0 Å². The number of rotatable bonds is 3. The van der Waals surface area contributed by atoms with E-state index in [1.54, 1.807) is 0 Å². The molecule has 0 amide bonds. The molecule has 0 spiro atoms. The highest BCUT2D eigenvalue weighted by Crippen LogP contribution is 2.33. The second-order valence-corrected chi connectivity index (χ2v) is 6.35. The molecule has 22 heavy (non-hydrogen) atoms. The molecule has 1 aliphatic rings. The van der Waals surface area contributed by atoms with Gasteiger partial charge in [0, 0.05) is 17.6 Å². The van der Waals surface area contributed by atoms with Crippen molar-refractivity contribution < 1.29 is 0 Å². The number of piperidine rings is 1. The Bertz CT molecular complexity index is 645. The van der Waals surface area contributed by atoms with Crippen LogP contribution in [-0.4, -0.2) is 17.5 Å². The molecule has 2 aromatic carbocycles. The van der Waals surface area contributed by atoms with Crippen molar-refractivity contribution in [2.75, 3.05) is 6.54 Å². The van der Waals surface area contributed by atoms with E-state index in [0.29, 0.717) is 5.92 Å². The van der Waals surface area contributed by atoms with E-state index in [-0.39, 0.29) is 6.04 Å². The van der Waals surface area contributed by atoms with Gasteiger partial charge in [-0.3, -0.25) is 0 Å². The lowest BCUT2D eigenvalue weighted by molar-refractivity contribution is 0.203. The zero-order valence-corrected chi connectivity index (χ0v) is 13.2. The molecule has 1 fully saturated rings. The van der Waals surface area contributed by atoms with E-state index in [4.69, 9.17) is 11.6 Å². The number of hydrogen-bond acceptors (Lipinski definition) is 2. The summed E-state index contributed by atoms with van der Waals surface area (Å²) in [6.45, 7) is 0.835. The van der Waals surface area contributed by atoms with Gasteiger partial charge in [0.25, 0.3) is 0 Å². The molecule has 0 radical (unpaired) electrons. The molecule has 2 nitrogen and oxygen atoms in total. The van der Waals surface area contributed by atoms with Crippen LogP contribution in [0.2, 0.25) is 5.02 Å². The summed E-state index contributed by atoms with van der Waals surface area (Å²) in [6, 6.07) is 18.9. The zero-order chi connectivity index (χ0) is 15.4. The molecule has 2 unspecified atom stereocenters. The molecule has 3 heteroatoms. The molecule has 0 aliphatic carbocycles. The van der Waals surface area contributed by atoms with Crippen molar-refractivity contribution in [1.82, 2.24) is 4.90 Å². The van der Waals surface area contributed by atoms with Crippen molar-refractivity contribution in [2.24, 2.45) is 0 Å². The highest BCUT2D eigenvalue weighted by atomic mass is 35.5. The average molecular weight is 311 g/mol. The van der Waals surface area contributed by atoms with Gasteiger partial charge >= 0.3 is 0 Å². The van der Waals surface area contributed by atoms with Crippen molar-refractivity contribution in [3.05, 3.63) is 70.7 Å². The number of halogens is 1. The van der Waals surface area contributed by atoms with Gasteiger partial charge in [0.1, 0.15) is 0 Å². The molecular formula is C19H19ClN2. The molecule has 0 N–H and O–H groups in total. The van der Waals surface area contributed by atoms with Crippen LogP contribution in [0.25, 0.3) is 0 Å². The largest absolute Gasteiger partial charge is 0.307 e. The summed E-state index contributed by atoms with van der Waals surface area (Å²) in [4.78, 5) is 1.94. The summed E-state index contributed by atoms with van der Waals surface area (Å²) in [5, 5.41) is 10.2. The molecule has 0 aromatic heterocycles. The number of nitrogens with zero attached hydrogens (tertiary/aromatic N) is 2. The third kappa shape index (κ3) is 3.43. The van der Waals surface area contributed by atoms with Crippen LogP contribution in [0, 0.1) is 11.5 Å². The molecule has 0 saturated carbocycles. The Labute approximate surface area is 136 Å². The average Bonchev–Trinajstić information content (AvgIpc) is 2.56. The van der Waals surface area contributed by atoms with Gasteiger partial charge in [0.2, 0.25) is 0 Å². The first-order valence-electron chi connectivity index (χ1n) is 7.72. The fourth-order valence-corrected chi connectivity index (χ4v) is 3.43.